The molecule has 0 bridgehead atoms. The van der Waals surface area contributed by atoms with Gasteiger partial charge in [-0.25, -0.2) is 19.9 Å². The number of phenols is 1. The number of rotatable bonds is 31. The van der Waals surface area contributed by atoms with E-state index in [1.54, 1.807) is 18.2 Å². The molecule has 61 heavy (non-hydrogen) atoms. The molecule has 4 amide bonds. The molecule has 1 aromatic carbocycles. The molecule has 0 aliphatic carbocycles. The lowest BCUT2D eigenvalue weighted by atomic mass is 10.0. The highest BCUT2D eigenvalue weighted by molar-refractivity contribution is 6.00. The van der Waals surface area contributed by atoms with Crippen LogP contribution < -0.4 is 10.6 Å². The molecule has 3 rings (SSSR count). The third-order valence-corrected chi connectivity index (χ3v) is 11.4. The number of amides is 4. The Balaban J connectivity index is 1.38. The van der Waals surface area contributed by atoms with Crippen molar-refractivity contribution in [3.05, 3.63) is 29.8 Å². The quantitative estimate of drug-likeness (QED) is 0.0213. The van der Waals surface area contributed by atoms with E-state index in [9.17, 15) is 39.5 Å². The molecule has 0 radical (unpaired) electrons. The standard InChI is InChI=1S/C46H75N5O10/c1-3-4-5-6-7-8-9-10-11-12-13-14-15-16-17-18-19-30-42(54)50(58)31-24-23-28-38(48-43(55)39-34-60-44(49-39)36-26-20-21-29-40(36)52)46(57)61-35(2)33-41(53)47-37-27-22-25-32-51(59)45(37)56/h20-21,26,29,35,37-39,52,58-59H,3-19,22-25,27-28,30-34H2,1-2H3,(H,47,53)(H,48,55). The maximum atomic E-state index is 13.4. The number of nitrogens with one attached hydrogen (secondary N) is 2. The van der Waals surface area contributed by atoms with Gasteiger partial charge < -0.3 is 25.2 Å². The summed E-state index contributed by atoms with van der Waals surface area (Å²) in [6.45, 7) is 3.91. The number of aromatic hydroxyl groups is 1. The van der Waals surface area contributed by atoms with Crippen molar-refractivity contribution in [3.63, 3.8) is 0 Å². The Kier molecular flexibility index (Phi) is 25.1. The Bertz CT molecular complexity index is 1510. The summed E-state index contributed by atoms with van der Waals surface area (Å²) in [5.74, 6) is -2.85. The Morgan fingerprint density at radius 1 is 0.885 bits per heavy atom. The molecule has 15 nitrogen and oxygen atoms in total. The third-order valence-electron chi connectivity index (χ3n) is 11.4. The van der Waals surface area contributed by atoms with Gasteiger partial charge in [0.2, 0.25) is 23.6 Å². The first-order valence-corrected chi connectivity index (χ1v) is 23.3. The van der Waals surface area contributed by atoms with Crippen LogP contribution in [0.15, 0.2) is 29.3 Å². The molecular formula is C46H75N5O10. The fourth-order valence-corrected chi connectivity index (χ4v) is 7.69. The zero-order valence-electron chi connectivity index (χ0n) is 37.0. The summed E-state index contributed by atoms with van der Waals surface area (Å²) < 4.78 is 11.2. The number of carbonyl (C=O) groups is 5. The van der Waals surface area contributed by atoms with Crippen LogP contribution in [-0.4, -0.2) is 105 Å². The number of phenolic OH excluding ortho intramolecular Hbond substituents is 1. The molecule has 2 aliphatic heterocycles. The summed E-state index contributed by atoms with van der Waals surface area (Å²) in [4.78, 5) is 68.9. The van der Waals surface area contributed by atoms with Gasteiger partial charge in [-0.3, -0.25) is 29.6 Å². The van der Waals surface area contributed by atoms with E-state index in [0.717, 1.165) is 24.3 Å². The average molecular weight is 858 g/mol. The minimum absolute atomic E-state index is 0.0555. The number of hydroxylamine groups is 4. The second-order valence-electron chi connectivity index (χ2n) is 16.8. The van der Waals surface area contributed by atoms with Crippen LogP contribution in [-0.2, 0) is 33.4 Å². The van der Waals surface area contributed by atoms with Crippen LogP contribution in [0.3, 0.4) is 0 Å². The second-order valence-corrected chi connectivity index (χ2v) is 16.8. The van der Waals surface area contributed by atoms with Gasteiger partial charge in [-0.2, -0.15) is 0 Å². The van der Waals surface area contributed by atoms with Crippen LogP contribution in [0.4, 0.5) is 0 Å². The maximum Gasteiger partial charge on any atom is 0.328 e. The molecule has 4 unspecified atom stereocenters. The summed E-state index contributed by atoms with van der Waals surface area (Å²) in [5.41, 5.74) is 0.325. The van der Waals surface area contributed by atoms with Gasteiger partial charge in [0.1, 0.15) is 30.5 Å². The predicted octanol–water partition coefficient (Wildman–Crippen LogP) is 7.66. The maximum absolute atomic E-state index is 13.4. The summed E-state index contributed by atoms with van der Waals surface area (Å²) in [6.07, 6.45) is 22.7. The van der Waals surface area contributed by atoms with Crippen molar-refractivity contribution in [1.82, 2.24) is 20.8 Å². The Morgan fingerprint density at radius 3 is 2.11 bits per heavy atom. The van der Waals surface area contributed by atoms with E-state index in [-0.39, 0.29) is 56.5 Å². The third kappa shape index (κ3) is 20.5. The largest absolute Gasteiger partial charge is 0.507 e. The lowest BCUT2D eigenvalue weighted by Crippen LogP contribution is -2.48. The second kappa shape index (κ2) is 29.9. The van der Waals surface area contributed by atoms with E-state index < -0.39 is 47.9 Å². The summed E-state index contributed by atoms with van der Waals surface area (Å²) in [5, 5.41) is 37.1. The van der Waals surface area contributed by atoms with E-state index in [4.69, 9.17) is 9.47 Å². The zero-order valence-corrected chi connectivity index (χ0v) is 37.0. The smallest absolute Gasteiger partial charge is 0.328 e. The van der Waals surface area contributed by atoms with E-state index in [2.05, 4.69) is 22.5 Å². The highest BCUT2D eigenvalue weighted by atomic mass is 16.5. The van der Waals surface area contributed by atoms with E-state index in [0.29, 0.717) is 49.2 Å². The van der Waals surface area contributed by atoms with Gasteiger partial charge in [-0.05, 0) is 64.0 Å². The molecule has 2 heterocycles. The lowest BCUT2D eigenvalue weighted by Gasteiger charge is -2.23. The Hall–Kier alpha value is -4.24. The zero-order chi connectivity index (χ0) is 44.2. The van der Waals surface area contributed by atoms with Gasteiger partial charge >= 0.3 is 5.97 Å². The van der Waals surface area contributed by atoms with Crippen LogP contribution in [0, 0.1) is 0 Å². The van der Waals surface area contributed by atoms with Crippen molar-refractivity contribution < 1.29 is 49.0 Å². The van der Waals surface area contributed by atoms with Crippen molar-refractivity contribution in [1.29, 1.82) is 0 Å². The van der Waals surface area contributed by atoms with Gasteiger partial charge in [0.15, 0.2) is 6.04 Å². The van der Waals surface area contributed by atoms with E-state index in [1.165, 1.54) is 96.5 Å². The minimum Gasteiger partial charge on any atom is -0.507 e. The Morgan fingerprint density at radius 2 is 1.49 bits per heavy atom. The van der Waals surface area contributed by atoms with Crippen molar-refractivity contribution in [2.75, 3.05) is 19.7 Å². The molecule has 1 saturated heterocycles. The SMILES string of the molecule is CCCCCCCCCCCCCCCCCCCC(=O)N(O)CCCCC(NC(=O)C1COC(c2ccccc2O)=N1)C(=O)OC(C)CC(=O)NC1CCCCN(O)C1=O. The van der Waals surface area contributed by atoms with Crippen LogP contribution in [0.5, 0.6) is 5.75 Å². The van der Waals surface area contributed by atoms with E-state index in [1.807, 2.05) is 0 Å². The monoisotopic (exact) mass is 858 g/mol. The fraction of sp³-hybridized carbons (Fsp3) is 0.739. The number of ether oxygens (including phenoxy) is 2. The number of hydrogen-bond acceptors (Lipinski definition) is 11. The summed E-state index contributed by atoms with van der Waals surface area (Å²) in [7, 11) is 0. The number of aliphatic imine (C=N–C) groups is 1. The van der Waals surface area contributed by atoms with Crippen LogP contribution in [0.25, 0.3) is 0 Å². The Labute approximate surface area is 363 Å². The van der Waals surface area contributed by atoms with Crippen molar-refractivity contribution >= 4 is 35.5 Å². The summed E-state index contributed by atoms with van der Waals surface area (Å²) in [6, 6.07) is 3.38. The molecule has 4 atom stereocenters. The van der Waals surface area contributed by atoms with Gasteiger partial charge in [-0.1, -0.05) is 122 Å². The highest BCUT2D eigenvalue weighted by Crippen LogP contribution is 2.22. The van der Waals surface area contributed by atoms with Crippen molar-refractivity contribution in [2.45, 2.75) is 199 Å². The van der Waals surface area contributed by atoms with Crippen molar-refractivity contribution in [2.24, 2.45) is 4.99 Å². The topological polar surface area (TPSA) is 207 Å². The summed E-state index contributed by atoms with van der Waals surface area (Å²) >= 11 is 0. The highest BCUT2D eigenvalue weighted by Gasteiger charge is 2.33. The number of hydrogen-bond donors (Lipinski definition) is 5. The number of benzene rings is 1. The number of unbranched alkanes of at least 4 members (excludes halogenated alkanes) is 17. The van der Waals surface area contributed by atoms with Gasteiger partial charge in [0.25, 0.3) is 5.91 Å². The van der Waals surface area contributed by atoms with E-state index >= 15 is 0 Å². The van der Waals surface area contributed by atoms with Gasteiger partial charge in [-0.15, -0.1) is 0 Å². The molecule has 1 aromatic rings. The first-order valence-electron chi connectivity index (χ1n) is 23.3. The first-order chi connectivity index (χ1) is 29.5. The number of carbonyl (C=O) groups excluding carboxylic acids is 5. The van der Waals surface area contributed by atoms with Crippen LogP contribution in [0.1, 0.15) is 180 Å². The molecule has 0 spiro atoms. The van der Waals surface area contributed by atoms with Crippen molar-refractivity contribution in [3.8, 4) is 5.75 Å². The number of nitrogens with zero attached hydrogens (tertiary/aromatic N) is 3. The van der Waals surface area contributed by atoms with Crippen LogP contribution in [0.2, 0.25) is 0 Å². The molecule has 0 aromatic heterocycles. The van der Waals surface area contributed by atoms with Gasteiger partial charge in [0.05, 0.1) is 12.0 Å². The normalized spacial score (nSPS) is 17.5. The fourth-order valence-electron chi connectivity index (χ4n) is 7.69. The van der Waals surface area contributed by atoms with Crippen LogP contribution >= 0.6 is 0 Å². The molecular weight excluding hydrogens is 783 g/mol. The molecule has 2 aliphatic rings. The lowest BCUT2D eigenvalue weighted by molar-refractivity contribution is -0.167. The molecule has 0 saturated carbocycles. The first kappa shape index (κ1) is 51.1. The molecule has 15 heteroatoms. The predicted molar refractivity (Wildman–Crippen MR) is 232 cm³/mol. The van der Waals surface area contributed by atoms with Gasteiger partial charge in [0, 0.05) is 19.5 Å². The number of para-hydroxylation sites is 1. The number of esters is 1. The molecule has 344 valence electrons. The minimum atomic E-state index is -1.15. The molecule has 1 fully saturated rings. The molecule has 5 N–H and O–H groups in total. The average Bonchev–Trinajstić information content (AvgIpc) is 3.68.